The largest absolute Gasteiger partial charge is 0.495 e. The predicted octanol–water partition coefficient (Wildman–Crippen LogP) is 8.79. The van der Waals surface area contributed by atoms with E-state index in [-0.39, 0.29) is 23.4 Å². The number of carbonyl (C=O) groups is 2. The smallest absolute Gasteiger partial charge is 0.172 e. The van der Waals surface area contributed by atoms with Gasteiger partial charge in [-0.2, -0.15) is 0 Å². The van der Waals surface area contributed by atoms with Crippen molar-refractivity contribution in [1.29, 1.82) is 0 Å². The summed E-state index contributed by atoms with van der Waals surface area (Å²) in [6.45, 7) is 12.0. The molecule has 8 nitrogen and oxygen atoms in total. The second-order valence-corrected chi connectivity index (χ2v) is 12.4. The molecule has 246 valence electrons. The lowest BCUT2D eigenvalue weighted by molar-refractivity contribution is 0.0957. The van der Waals surface area contributed by atoms with Crippen LogP contribution >= 0.6 is 0 Å². The van der Waals surface area contributed by atoms with E-state index in [2.05, 4.69) is 0 Å². The topological polar surface area (TPSA) is 89.5 Å². The van der Waals surface area contributed by atoms with Gasteiger partial charge in [-0.25, -0.2) is 0 Å². The van der Waals surface area contributed by atoms with Crippen LogP contribution < -0.4 is 28.4 Å². The second kappa shape index (κ2) is 13.9. The lowest BCUT2D eigenvalue weighted by Crippen LogP contribution is -2.09. The SMILES string of the molecule is COc1cc2c(OC)c(-c3c(C)cc4c(C(=O)CC(C)C)c(OC)c(OC)cc4c3OC)c(C)cc2c(C(=O)CC(C)C)c1OC. The van der Waals surface area contributed by atoms with E-state index in [0.717, 1.165) is 22.3 Å². The Hall–Kier alpha value is -4.46. The summed E-state index contributed by atoms with van der Waals surface area (Å²) in [7, 11) is 9.42. The Morgan fingerprint density at radius 2 is 0.826 bits per heavy atom. The minimum absolute atomic E-state index is 0.0379. The van der Waals surface area contributed by atoms with Crippen LogP contribution in [0.4, 0.5) is 0 Å². The van der Waals surface area contributed by atoms with E-state index in [1.807, 2.05) is 65.8 Å². The second-order valence-electron chi connectivity index (χ2n) is 12.4. The highest BCUT2D eigenvalue weighted by Crippen LogP contribution is 2.52. The van der Waals surface area contributed by atoms with Gasteiger partial charge in [0.15, 0.2) is 34.6 Å². The Bertz CT molecular complexity index is 1680. The Morgan fingerprint density at radius 3 is 1.09 bits per heavy atom. The quantitative estimate of drug-likeness (QED) is 0.135. The van der Waals surface area contributed by atoms with Gasteiger partial charge in [-0.1, -0.05) is 27.7 Å². The number of fused-ring (bicyclic) bond motifs is 2. The maximum Gasteiger partial charge on any atom is 0.172 e. The van der Waals surface area contributed by atoms with E-state index in [1.54, 1.807) is 42.7 Å². The van der Waals surface area contributed by atoms with Crippen LogP contribution in [0.5, 0.6) is 34.5 Å². The summed E-state index contributed by atoms with van der Waals surface area (Å²) in [5.41, 5.74) is 4.26. The summed E-state index contributed by atoms with van der Waals surface area (Å²) < 4.78 is 35.3. The number of ketones is 2. The molecule has 0 aliphatic rings. The first-order valence-electron chi connectivity index (χ1n) is 15.5. The van der Waals surface area contributed by atoms with Crippen molar-refractivity contribution >= 4 is 33.1 Å². The fourth-order valence-electron chi connectivity index (χ4n) is 6.44. The first-order valence-corrected chi connectivity index (χ1v) is 15.5. The number of aryl methyl sites for hydroxylation is 2. The fraction of sp³-hybridized carbons (Fsp3) is 0.421. The van der Waals surface area contributed by atoms with Crippen molar-refractivity contribution in [1.82, 2.24) is 0 Å². The van der Waals surface area contributed by atoms with Crippen LogP contribution in [0, 0.1) is 25.7 Å². The van der Waals surface area contributed by atoms with Crippen molar-refractivity contribution in [3.8, 4) is 45.6 Å². The van der Waals surface area contributed by atoms with Gasteiger partial charge in [-0.05, 0) is 61.1 Å². The summed E-state index contributed by atoms with van der Waals surface area (Å²) >= 11 is 0. The van der Waals surface area contributed by atoms with E-state index in [4.69, 9.17) is 28.4 Å². The lowest BCUT2D eigenvalue weighted by Gasteiger charge is -2.24. The molecule has 0 aromatic heterocycles. The molecule has 0 fully saturated rings. The van der Waals surface area contributed by atoms with Crippen LogP contribution in [-0.4, -0.2) is 54.2 Å². The van der Waals surface area contributed by atoms with E-state index in [1.165, 1.54) is 0 Å². The van der Waals surface area contributed by atoms with Gasteiger partial charge in [-0.3, -0.25) is 9.59 Å². The molecule has 0 bridgehead atoms. The van der Waals surface area contributed by atoms with Gasteiger partial charge in [0.2, 0.25) is 0 Å². The van der Waals surface area contributed by atoms with Crippen molar-refractivity contribution in [2.24, 2.45) is 11.8 Å². The van der Waals surface area contributed by atoms with Gasteiger partial charge in [0.1, 0.15) is 11.5 Å². The summed E-state index contributed by atoms with van der Waals surface area (Å²) in [5.74, 6) is 3.01. The minimum atomic E-state index is -0.0379. The maximum atomic E-state index is 13.7. The van der Waals surface area contributed by atoms with Crippen LogP contribution in [0.15, 0.2) is 24.3 Å². The molecule has 4 aromatic rings. The van der Waals surface area contributed by atoms with E-state index >= 15 is 0 Å². The predicted molar refractivity (Wildman–Crippen MR) is 183 cm³/mol. The summed E-state index contributed by atoms with van der Waals surface area (Å²) in [6.07, 6.45) is 0.699. The molecule has 0 aliphatic heterocycles. The highest BCUT2D eigenvalue weighted by molar-refractivity contribution is 6.17. The Balaban J connectivity index is 2.19. The van der Waals surface area contributed by atoms with Gasteiger partial charge in [0.25, 0.3) is 0 Å². The molecular weight excluding hydrogens is 584 g/mol. The Morgan fingerprint density at radius 1 is 0.500 bits per heavy atom. The number of hydrogen-bond acceptors (Lipinski definition) is 8. The van der Waals surface area contributed by atoms with Crippen LogP contribution in [0.3, 0.4) is 0 Å². The molecule has 0 radical (unpaired) electrons. The van der Waals surface area contributed by atoms with E-state index in [0.29, 0.717) is 80.0 Å². The van der Waals surface area contributed by atoms with Gasteiger partial charge in [-0.15, -0.1) is 0 Å². The number of benzene rings is 4. The molecule has 46 heavy (non-hydrogen) atoms. The van der Waals surface area contributed by atoms with Gasteiger partial charge >= 0.3 is 0 Å². The summed E-state index contributed by atoms with van der Waals surface area (Å²) in [6, 6.07) is 7.69. The molecule has 0 aliphatic carbocycles. The summed E-state index contributed by atoms with van der Waals surface area (Å²) in [5, 5.41) is 2.84. The first kappa shape index (κ1) is 34.4. The van der Waals surface area contributed by atoms with Crippen molar-refractivity contribution in [3.63, 3.8) is 0 Å². The third-order valence-electron chi connectivity index (χ3n) is 8.28. The average molecular weight is 631 g/mol. The Labute approximate surface area is 271 Å². The number of carbonyl (C=O) groups excluding carboxylic acids is 2. The van der Waals surface area contributed by atoms with E-state index in [9.17, 15) is 9.59 Å². The van der Waals surface area contributed by atoms with Crippen molar-refractivity contribution in [2.45, 2.75) is 54.4 Å². The van der Waals surface area contributed by atoms with Gasteiger partial charge in [0.05, 0.1) is 53.8 Å². The molecule has 0 unspecified atom stereocenters. The number of hydrogen-bond donors (Lipinski definition) is 0. The molecule has 0 amide bonds. The average Bonchev–Trinajstić information content (AvgIpc) is 3.00. The molecule has 0 saturated heterocycles. The van der Waals surface area contributed by atoms with Crippen LogP contribution in [0.2, 0.25) is 0 Å². The van der Waals surface area contributed by atoms with E-state index < -0.39 is 0 Å². The number of ether oxygens (including phenoxy) is 6. The lowest BCUT2D eigenvalue weighted by atomic mass is 9.85. The van der Waals surface area contributed by atoms with Crippen LogP contribution in [0.1, 0.15) is 72.4 Å². The third kappa shape index (κ3) is 5.93. The van der Waals surface area contributed by atoms with Gasteiger partial charge in [0, 0.05) is 45.5 Å². The molecule has 4 rings (SSSR count). The molecule has 0 saturated carbocycles. The Kier molecular flexibility index (Phi) is 10.4. The molecule has 4 aromatic carbocycles. The van der Waals surface area contributed by atoms with Gasteiger partial charge < -0.3 is 28.4 Å². The van der Waals surface area contributed by atoms with Crippen molar-refractivity contribution in [2.75, 3.05) is 42.7 Å². The molecule has 8 heteroatoms. The molecule has 0 N–H and O–H groups in total. The zero-order valence-electron chi connectivity index (χ0n) is 29.1. The first-order chi connectivity index (χ1) is 21.9. The van der Waals surface area contributed by atoms with Crippen LogP contribution in [0.25, 0.3) is 32.7 Å². The minimum Gasteiger partial charge on any atom is -0.495 e. The highest BCUT2D eigenvalue weighted by Gasteiger charge is 2.30. The molecular formula is C38H46O8. The number of Topliss-reactive ketones (excluding diaryl/α,β-unsaturated/α-hetero) is 2. The zero-order valence-corrected chi connectivity index (χ0v) is 29.1. The normalized spacial score (nSPS) is 11.3. The number of methoxy groups -OCH3 is 6. The zero-order chi connectivity index (χ0) is 34.0. The standard InChI is InChI=1S/C38H46O8/c1-19(2)13-27(39)33-23-15-21(5)31(35(43-9)25(23)17-29(41-7)37(33)45-11)32-22(6)16-24-26(36(32)44-10)18-30(42-8)38(46-12)34(24)28(40)14-20(3)4/h15-20H,13-14H2,1-12H3. The monoisotopic (exact) mass is 630 g/mol. The fourth-order valence-corrected chi connectivity index (χ4v) is 6.44. The third-order valence-corrected chi connectivity index (χ3v) is 8.28. The number of rotatable bonds is 13. The molecule has 0 spiro atoms. The van der Waals surface area contributed by atoms with Crippen LogP contribution in [-0.2, 0) is 0 Å². The molecule has 0 atom stereocenters. The maximum absolute atomic E-state index is 13.7. The highest BCUT2D eigenvalue weighted by atomic mass is 16.5. The molecule has 0 heterocycles. The van der Waals surface area contributed by atoms with Crippen molar-refractivity contribution in [3.05, 3.63) is 46.5 Å². The van der Waals surface area contributed by atoms with Crippen molar-refractivity contribution < 1.29 is 38.0 Å². The summed E-state index contributed by atoms with van der Waals surface area (Å²) in [4.78, 5) is 27.4.